The summed E-state index contributed by atoms with van der Waals surface area (Å²) in [7, 11) is 0. The average Bonchev–Trinajstić information content (AvgIpc) is 2.21. The van der Waals surface area contributed by atoms with Gasteiger partial charge in [0.05, 0.1) is 0 Å². The highest BCUT2D eigenvalue weighted by atomic mass is 32.2. The molecule has 1 saturated heterocycles. The van der Waals surface area contributed by atoms with Crippen LogP contribution in [0.3, 0.4) is 0 Å². The summed E-state index contributed by atoms with van der Waals surface area (Å²) in [4.78, 5) is 2.68. The quantitative estimate of drug-likeness (QED) is 0.852. The Balaban J connectivity index is 2.06. The third-order valence-electron chi connectivity index (χ3n) is 4.33. The van der Waals surface area contributed by atoms with Gasteiger partial charge in [0.2, 0.25) is 0 Å². The second kappa shape index (κ2) is 5.72. The lowest BCUT2D eigenvalue weighted by atomic mass is 9.77. The number of hydrogen-bond acceptors (Lipinski definition) is 4. The van der Waals surface area contributed by atoms with Gasteiger partial charge < -0.3 is 5.73 Å². The Morgan fingerprint density at radius 2 is 1.94 bits per heavy atom. The Morgan fingerprint density at radius 3 is 2.29 bits per heavy atom. The third-order valence-corrected chi connectivity index (χ3v) is 7.05. The van der Waals surface area contributed by atoms with E-state index in [9.17, 15) is 0 Å². The van der Waals surface area contributed by atoms with Crippen molar-refractivity contribution >= 4 is 23.5 Å². The molecule has 2 nitrogen and oxygen atoms in total. The summed E-state index contributed by atoms with van der Waals surface area (Å²) in [6.45, 7) is 7.98. The van der Waals surface area contributed by atoms with E-state index in [4.69, 9.17) is 5.73 Å². The molecule has 3 atom stereocenters. The molecule has 4 heteroatoms. The van der Waals surface area contributed by atoms with Gasteiger partial charge >= 0.3 is 0 Å². The second-order valence-electron chi connectivity index (χ2n) is 5.59. The summed E-state index contributed by atoms with van der Waals surface area (Å²) >= 11 is 4.19. The molecular formula is C13H26N2S2. The van der Waals surface area contributed by atoms with Crippen LogP contribution in [0.15, 0.2) is 0 Å². The van der Waals surface area contributed by atoms with Crippen molar-refractivity contribution in [1.29, 1.82) is 0 Å². The van der Waals surface area contributed by atoms with Crippen molar-refractivity contribution in [3.05, 3.63) is 0 Å². The van der Waals surface area contributed by atoms with E-state index < -0.39 is 0 Å². The van der Waals surface area contributed by atoms with E-state index in [1.54, 1.807) is 0 Å². The smallest absolute Gasteiger partial charge is 0.0366 e. The van der Waals surface area contributed by atoms with Crippen molar-refractivity contribution in [3.63, 3.8) is 0 Å². The van der Waals surface area contributed by atoms with Crippen LogP contribution in [-0.4, -0.2) is 52.1 Å². The van der Waals surface area contributed by atoms with Gasteiger partial charge in [-0.2, -0.15) is 23.5 Å². The van der Waals surface area contributed by atoms with Gasteiger partial charge in [0.15, 0.2) is 0 Å². The summed E-state index contributed by atoms with van der Waals surface area (Å²) in [5.74, 6) is 0. The Labute approximate surface area is 114 Å². The number of rotatable bonds is 4. The normalized spacial score (nSPS) is 35.3. The topological polar surface area (TPSA) is 29.3 Å². The second-order valence-corrected chi connectivity index (χ2v) is 8.69. The molecule has 2 N–H and O–H groups in total. The first-order chi connectivity index (χ1) is 8.11. The molecular weight excluding hydrogens is 248 g/mol. The highest BCUT2D eigenvalue weighted by Gasteiger charge is 2.46. The fourth-order valence-corrected chi connectivity index (χ4v) is 5.93. The zero-order valence-corrected chi connectivity index (χ0v) is 12.9. The van der Waals surface area contributed by atoms with E-state index in [0.717, 1.165) is 17.0 Å². The van der Waals surface area contributed by atoms with Crippen LogP contribution in [-0.2, 0) is 0 Å². The maximum absolute atomic E-state index is 6.10. The molecule has 17 heavy (non-hydrogen) atoms. The molecule has 0 radical (unpaired) electrons. The standard InChI is InChI=1S/C13H26N2S2/c1-10-8-15(9-11(2)17-10)12(7-14)13(16-3)5-4-6-13/h10-12H,4-9,14H2,1-3H3. The summed E-state index contributed by atoms with van der Waals surface area (Å²) in [5, 5.41) is 1.51. The molecule has 1 heterocycles. The van der Waals surface area contributed by atoms with E-state index in [0.29, 0.717) is 10.8 Å². The molecule has 1 aliphatic heterocycles. The molecule has 1 saturated carbocycles. The van der Waals surface area contributed by atoms with E-state index in [2.05, 4.69) is 48.5 Å². The largest absolute Gasteiger partial charge is 0.329 e. The van der Waals surface area contributed by atoms with E-state index in [-0.39, 0.29) is 0 Å². The molecule has 2 rings (SSSR count). The van der Waals surface area contributed by atoms with Gasteiger partial charge in [-0.05, 0) is 19.1 Å². The maximum atomic E-state index is 6.10. The molecule has 0 amide bonds. The lowest BCUT2D eigenvalue weighted by Gasteiger charge is -2.52. The summed E-state index contributed by atoms with van der Waals surface area (Å²) in [5.41, 5.74) is 6.10. The number of nitrogens with two attached hydrogens (primary N) is 1. The average molecular weight is 274 g/mol. The minimum atomic E-state index is 0.468. The van der Waals surface area contributed by atoms with Gasteiger partial charge in [0.1, 0.15) is 0 Å². The van der Waals surface area contributed by atoms with Gasteiger partial charge in [0.25, 0.3) is 0 Å². The van der Waals surface area contributed by atoms with Crippen molar-refractivity contribution in [2.45, 2.75) is 54.4 Å². The Morgan fingerprint density at radius 1 is 1.35 bits per heavy atom. The fourth-order valence-electron chi connectivity index (χ4n) is 3.37. The molecule has 0 aromatic rings. The fraction of sp³-hybridized carbons (Fsp3) is 1.00. The predicted octanol–water partition coefficient (Wildman–Crippen LogP) is 2.43. The number of nitrogens with zero attached hydrogens (tertiary/aromatic N) is 1. The number of thioether (sulfide) groups is 2. The van der Waals surface area contributed by atoms with Crippen LogP contribution in [0.5, 0.6) is 0 Å². The van der Waals surface area contributed by atoms with E-state index >= 15 is 0 Å². The van der Waals surface area contributed by atoms with Gasteiger partial charge in [-0.3, -0.25) is 4.90 Å². The summed E-state index contributed by atoms with van der Waals surface area (Å²) < 4.78 is 0.468. The maximum Gasteiger partial charge on any atom is 0.0366 e. The Kier molecular flexibility index (Phi) is 4.73. The summed E-state index contributed by atoms with van der Waals surface area (Å²) in [6.07, 6.45) is 6.39. The first kappa shape index (κ1) is 14.0. The highest BCUT2D eigenvalue weighted by molar-refractivity contribution is 8.00. The van der Waals surface area contributed by atoms with Crippen molar-refractivity contribution in [2.75, 3.05) is 25.9 Å². The van der Waals surface area contributed by atoms with Gasteiger partial charge in [-0.1, -0.05) is 20.3 Å². The molecule has 2 fully saturated rings. The molecule has 100 valence electrons. The van der Waals surface area contributed by atoms with Gasteiger partial charge in [0, 0.05) is 40.9 Å². The highest BCUT2D eigenvalue weighted by Crippen LogP contribution is 2.47. The monoisotopic (exact) mass is 274 g/mol. The summed E-state index contributed by atoms with van der Waals surface area (Å²) in [6, 6.07) is 0.594. The SMILES string of the molecule is CSC1(C(CN)N2CC(C)SC(C)C2)CCC1. The molecule has 0 bridgehead atoms. The van der Waals surface area contributed by atoms with Crippen LogP contribution in [0.2, 0.25) is 0 Å². The Bertz CT molecular complexity index is 240. The van der Waals surface area contributed by atoms with Crippen LogP contribution >= 0.6 is 23.5 Å². The van der Waals surface area contributed by atoms with Crippen LogP contribution in [0, 0.1) is 0 Å². The van der Waals surface area contributed by atoms with Crippen LogP contribution in [0.4, 0.5) is 0 Å². The zero-order chi connectivity index (χ0) is 12.5. The van der Waals surface area contributed by atoms with Crippen LogP contribution < -0.4 is 5.73 Å². The van der Waals surface area contributed by atoms with Crippen molar-refractivity contribution in [2.24, 2.45) is 5.73 Å². The Hall–Kier alpha value is 0.620. The first-order valence-corrected chi connectivity index (χ1v) is 8.93. The van der Waals surface area contributed by atoms with Crippen molar-refractivity contribution in [3.8, 4) is 0 Å². The van der Waals surface area contributed by atoms with Crippen molar-refractivity contribution < 1.29 is 0 Å². The van der Waals surface area contributed by atoms with E-state index in [1.807, 2.05) is 0 Å². The lowest BCUT2D eigenvalue weighted by molar-refractivity contribution is 0.122. The molecule has 0 aromatic carbocycles. The lowest BCUT2D eigenvalue weighted by Crippen LogP contribution is -2.61. The van der Waals surface area contributed by atoms with Crippen LogP contribution in [0.25, 0.3) is 0 Å². The van der Waals surface area contributed by atoms with Crippen molar-refractivity contribution in [1.82, 2.24) is 4.90 Å². The van der Waals surface area contributed by atoms with E-state index in [1.165, 1.54) is 32.4 Å². The minimum absolute atomic E-state index is 0.468. The molecule has 3 unspecified atom stereocenters. The number of hydrogen-bond donors (Lipinski definition) is 1. The third kappa shape index (κ3) is 2.80. The van der Waals surface area contributed by atoms with Gasteiger partial charge in [-0.15, -0.1) is 0 Å². The van der Waals surface area contributed by atoms with Gasteiger partial charge in [-0.25, -0.2) is 0 Å². The minimum Gasteiger partial charge on any atom is -0.329 e. The predicted molar refractivity (Wildman–Crippen MR) is 81.0 cm³/mol. The molecule has 1 aliphatic carbocycles. The molecule has 2 aliphatic rings. The first-order valence-electron chi connectivity index (χ1n) is 6.76. The van der Waals surface area contributed by atoms with Crippen LogP contribution in [0.1, 0.15) is 33.1 Å². The molecule has 0 aromatic heterocycles. The zero-order valence-electron chi connectivity index (χ0n) is 11.3. The molecule has 0 spiro atoms.